The van der Waals surface area contributed by atoms with Gasteiger partial charge in [0, 0.05) is 13.7 Å². The van der Waals surface area contributed by atoms with E-state index in [4.69, 9.17) is 33.9 Å². The minimum atomic E-state index is -0.124. The Morgan fingerprint density at radius 3 is 1.44 bits per heavy atom. The summed E-state index contributed by atoms with van der Waals surface area (Å²) < 4.78 is 26.6. The third kappa shape index (κ3) is 21.9. The van der Waals surface area contributed by atoms with Gasteiger partial charge in [0.15, 0.2) is 0 Å². The van der Waals surface area contributed by atoms with Crippen LogP contribution >= 0.6 is 0 Å². The van der Waals surface area contributed by atoms with E-state index in [0.29, 0.717) is 19.8 Å². The molecule has 0 aromatic carbocycles. The lowest BCUT2D eigenvalue weighted by Gasteiger charge is -2.18. The molecule has 166 valence electrons. The molecule has 2 N–H and O–H groups in total. The predicted octanol–water partition coefficient (Wildman–Crippen LogP) is 2.41. The lowest BCUT2D eigenvalue weighted by Crippen LogP contribution is -2.25. The Morgan fingerprint density at radius 1 is 0.630 bits per heavy atom. The first-order chi connectivity index (χ1) is 12.8. The topological polar surface area (TPSA) is 86.6 Å². The average Bonchev–Trinajstić information content (AvgIpc) is 2.68. The summed E-state index contributed by atoms with van der Waals surface area (Å²) >= 11 is 0. The van der Waals surface area contributed by atoms with Crippen molar-refractivity contribution >= 4 is 0 Å². The van der Waals surface area contributed by atoms with Crippen molar-refractivity contribution in [3.05, 3.63) is 0 Å². The quantitative estimate of drug-likeness (QED) is 0.387. The highest BCUT2D eigenvalue weighted by molar-refractivity contribution is 4.54. The maximum absolute atomic E-state index is 8.72. The van der Waals surface area contributed by atoms with Gasteiger partial charge in [0.05, 0.1) is 63.6 Å². The number of rotatable bonds is 16. The van der Waals surface area contributed by atoms with Gasteiger partial charge in [-0.1, -0.05) is 13.3 Å². The van der Waals surface area contributed by atoms with Gasteiger partial charge in [0.2, 0.25) is 0 Å². The molecule has 0 saturated carbocycles. The molecule has 27 heavy (non-hydrogen) atoms. The molecule has 7 heteroatoms. The fourth-order valence-corrected chi connectivity index (χ4v) is 1.60. The first-order valence-corrected chi connectivity index (χ1v) is 10.0. The molecule has 7 nitrogen and oxygen atoms in total. The SMILES string of the molecule is CCCCOC(C)COC(C)CO.COC(C)COC(C)COC(C)CO. The van der Waals surface area contributed by atoms with Crippen molar-refractivity contribution in [1.29, 1.82) is 0 Å². The van der Waals surface area contributed by atoms with E-state index in [1.165, 1.54) is 0 Å². The van der Waals surface area contributed by atoms with Gasteiger partial charge >= 0.3 is 0 Å². The van der Waals surface area contributed by atoms with Crippen LogP contribution in [0.2, 0.25) is 0 Å². The number of aliphatic hydroxyl groups excluding tert-OH is 2. The highest BCUT2D eigenvalue weighted by Crippen LogP contribution is 1.99. The Bertz CT molecular complexity index is 278. The van der Waals surface area contributed by atoms with Gasteiger partial charge in [-0.2, -0.15) is 0 Å². The van der Waals surface area contributed by atoms with E-state index in [2.05, 4.69) is 6.92 Å². The molecular formula is C20H44O7. The van der Waals surface area contributed by atoms with Crippen molar-refractivity contribution in [3.8, 4) is 0 Å². The predicted molar refractivity (Wildman–Crippen MR) is 107 cm³/mol. The standard InChI is InChI=1S/C10H22O4.C10H22O3/c1-8(5-11)13-7-10(3)14-6-9(2)12-4;1-4-5-6-12-10(3)8-13-9(2)7-11/h8-11H,5-7H2,1-4H3;9-11H,4-8H2,1-3H3. The monoisotopic (exact) mass is 396 g/mol. The van der Waals surface area contributed by atoms with E-state index in [0.717, 1.165) is 19.4 Å². The van der Waals surface area contributed by atoms with Crippen LogP contribution in [0.15, 0.2) is 0 Å². The second kappa shape index (κ2) is 20.5. The van der Waals surface area contributed by atoms with Gasteiger partial charge in [-0.15, -0.1) is 0 Å². The van der Waals surface area contributed by atoms with Crippen LogP contribution in [0.4, 0.5) is 0 Å². The highest BCUT2D eigenvalue weighted by Gasteiger charge is 2.08. The molecule has 0 rings (SSSR count). The Hall–Kier alpha value is -0.280. The summed E-state index contributed by atoms with van der Waals surface area (Å²) in [5.74, 6) is 0. The second-order valence-electron chi connectivity index (χ2n) is 6.88. The molecule has 5 unspecified atom stereocenters. The number of hydrogen-bond acceptors (Lipinski definition) is 7. The lowest BCUT2D eigenvalue weighted by atomic mass is 10.3. The van der Waals surface area contributed by atoms with Crippen molar-refractivity contribution < 1.29 is 33.9 Å². The first kappa shape index (κ1) is 28.9. The van der Waals surface area contributed by atoms with E-state index >= 15 is 0 Å². The molecule has 0 saturated heterocycles. The van der Waals surface area contributed by atoms with Crippen LogP contribution in [-0.4, -0.2) is 87.5 Å². The molecule has 0 spiro atoms. The van der Waals surface area contributed by atoms with Gasteiger partial charge in [0.25, 0.3) is 0 Å². The molecule has 0 amide bonds. The van der Waals surface area contributed by atoms with Crippen LogP contribution in [0.1, 0.15) is 54.4 Å². The van der Waals surface area contributed by atoms with Gasteiger partial charge in [-0.25, -0.2) is 0 Å². The third-order valence-electron chi connectivity index (χ3n) is 3.66. The summed E-state index contributed by atoms with van der Waals surface area (Å²) in [6.45, 7) is 14.2. The van der Waals surface area contributed by atoms with Gasteiger partial charge in [-0.05, 0) is 41.0 Å². The summed E-state index contributed by atoms with van der Waals surface area (Å²) in [5.41, 5.74) is 0. The molecule has 0 heterocycles. The van der Waals surface area contributed by atoms with Crippen LogP contribution in [0, 0.1) is 0 Å². The molecule has 0 aliphatic rings. The molecule has 5 atom stereocenters. The summed E-state index contributed by atoms with van der Waals surface area (Å²) in [6.07, 6.45) is 2.30. The smallest absolute Gasteiger partial charge is 0.0781 e. The number of methoxy groups -OCH3 is 1. The van der Waals surface area contributed by atoms with Gasteiger partial charge in [-0.3, -0.25) is 0 Å². The molecular weight excluding hydrogens is 352 g/mol. The summed E-state index contributed by atoms with van der Waals surface area (Å²) in [4.78, 5) is 0. The van der Waals surface area contributed by atoms with Crippen molar-refractivity contribution in [3.63, 3.8) is 0 Å². The fourth-order valence-electron chi connectivity index (χ4n) is 1.60. The molecule has 0 aliphatic carbocycles. The summed E-state index contributed by atoms with van der Waals surface area (Å²) in [6, 6.07) is 0. The number of aliphatic hydroxyl groups is 2. The molecule has 0 radical (unpaired) electrons. The number of hydrogen-bond donors (Lipinski definition) is 2. The molecule has 0 aliphatic heterocycles. The van der Waals surface area contributed by atoms with Crippen LogP contribution < -0.4 is 0 Å². The van der Waals surface area contributed by atoms with Crippen LogP contribution in [0.3, 0.4) is 0 Å². The van der Waals surface area contributed by atoms with E-state index < -0.39 is 0 Å². The van der Waals surface area contributed by atoms with Crippen LogP contribution in [0.5, 0.6) is 0 Å². The largest absolute Gasteiger partial charge is 0.394 e. The maximum Gasteiger partial charge on any atom is 0.0781 e. The van der Waals surface area contributed by atoms with E-state index in [9.17, 15) is 0 Å². The van der Waals surface area contributed by atoms with E-state index in [-0.39, 0.29) is 43.7 Å². The number of unbranched alkanes of at least 4 members (excludes halogenated alkanes) is 1. The van der Waals surface area contributed by atoms with Crippen molar-refractivity contribution in [2.24, 2.45) is 0 Å². The zero-order valence-electron chi connectivity index (χ0n) is 18.5. The Balaban J connectivity index is 0. The molecule has 0 fully saturated rings. The van der Waals surface area contributed by atoms with Gasteiger partial charge < -0.3 is 33.9 Å². The molecule has 0 aromatic heterocycles. The highest BCUT2D eigenvalue weighted by atomic mass is 16.6. The van der Waals surface area contributed by atoms with Crippen molar-refractivity contribution in [2.75, 3.05) is 46.8 Å². The summed E-state index contributed by atoms with van der Waals surface area (Å²) in [7, 11) is 1.66. The normalized spacial score (nSPS) is 16.8. The second-order valence-corrected chi connectivity index (χ2v) is 6.88. The van der Waals surface area contributed by atoms with E-state index in [1.807, 2.05) is 34.6 Å². The first-order valence-electron chi connectivity index (χ1n) is 10.0. The molecule has 0 bridgehead atoms. The van der Waals surface area contributed by atoms with Crippen LogP contribution in [-0.2, 0) is 23.7 Å². The Kier molecular flexibility index (Phi) is 21.9. The fraction of sp³-hybridized carbons (Fsp3) is 1.00. The zero-order valence-corrected chi connectivity index (χ0v) is 18.5. The Morgan fingerprint density at radius 2 is 1.04 bits per heavy atom. The summed E-state index contributed by atoms with van der Waals surface area (Å²) in [5, 5.41) is 17.4. The zero-order chi connectivity index (χ0) is 21.1. The van der Waals surface area contributed by atoms with E-state index in [1.54, 1.807) is 7.11 Å². The third-order valence-corrected chi connectivity index (χ3v) is 3.66. The van der Waals surface area contributed by atoms with Crippen LogP contribution in [0.25, 0.3) is 0 Å². The minimum Gasteiger partial charge on any atom is -0.394 e. The van der Waals surface area contributed by atoms with Crippen molar-refractivity contribution in [2.45, 2.75) is 84.9 Å². The minimum absolute atomic E-state index is 0.0293. The number of ether oxygens (including phenoxy) is 5. The Labute approximate surface area is 166 Å². The lowest BCUT2D eigenvalue weighted by molar-refractivity contribution is -0.0677. The average molecular weight is 397 g/mol. The van der Waals surface area contributed by atoms with Crippen molar-refractivity contribution in [1.82, 2.24) is 0 Å². The van der Waals surface area contributed by atoms with Gasteiger partial charge in [0.1, 0.15) is 0 Å². The maximum atomic E-state index is 8.72. The molecule has 0 aromatic rings.